The number of nitrogens with zero attached hydrogens (tertiary/aromatic N) is 2. The summed E-state index contributed by atoms with van der Waals surface area (Å²) in [6.07, 6.45) is 0.505. The summed E-state index contributed by atoms with van der Waals surface area (Å²) in [7, 11) is 1.31. The minimum Gasteiger partial charge on any atom is -0.493 e. The first kappa shape index (κ1) is 19.8. The van der Waals surface area contributed by atoms with Crippen LogP contribution in [0.4, 0.5) is 8.78 Å². The molecule has 0 atom stereocenters. The van der Waals surface area contributed by atoms with Gasteiger partial charge in [0.1, 0.15) is 0 Å². The molecule has 9 heteroatoms. The third-order valence-corrected chi connectivity index (χ3v) is 4.49. The van der Waals surface area contributed by atoms with E-state index < -0.39 is 6.61 Å². The van der Waals surface area contributed by atoms with Crippen LogP contribution < -0.4 is 9.47 Å². The number of Topliss-reactive ketones (excluding diaryl/α,β-unsaturated/α-hetero) is 1. The molecule has 0 N–H and O–H groups in total. The maximum Gasteiger partial charge on any atom is 0.387 e. The minimum absolute atomic E-state index is 0.0468. The van der Waals surface area contributed by atoms with Gasteiger partial charge in [-0.2, -0.15) is 8.78 Å². The molecule has 0 amide bonds. The van der Waals surface area contributed by atoms with E-state index in [-0.39, 0.29) is 28.3 Å². The van der Waals surface area contributed by atoms with Crippen LogP contribution in [0.5, 0.6) is 11.5 Å². The molecule has 1 heterocycles. The van der Waals surface area contributed by atoms with Gasteiger partial charge in [-0.3, -0.25) is 4.79 Å². The molecule has 146 valence electrons. The monoisotopic (exact) mass is 406 g/mol. The average Bonchev–Trinajstić information content (AvgIpc) is 3.14. The summed E-state index contributed by atoms with van der Waals surface area (Å²) >= 11 is 1.10. The van der Waals surface area contributed by atoms with Crippen molar-refractivity contribution in [3.8, 4) is 11.5 Å². The van der Waals surface area contributed by atoms with E-state index in [0.717, 1.165) is 17.3 Å². The van der Waals surface area contributed by atoms with Crippen molar-refractivity contribution in [1.29, 1.82) is 0 Å². The lowest BCUT2D eigenvalue weighted by Gasteiger charge is -2.10. The molecule has 2 aromatic carbocycles. The number of ether oxygens (including phenoxy) is 2. The van der Waals surface area contributed by atoms with Crippen LogP contribution in [0.1, 0.15) is 21.8 Å². The molecule has 28 heavy (non-hydrogen) atoms. The molecule has 1 aromatic heterocycles. The number of thioether (sulfide) groups is 1. The number of carbonyl (C=O) groups excluding carboxylic acids is 1. The van der Waals surface area contributed by atoms with E-state index in [0.29, 0.717) is 17.9 Å². The van der Waals surface area contributed by atoms with Gasteiger partial charge in [-0.25, -0.2) is 0 Å². The van der Waals surface area contributed by atoms with Crippen molar-refractivity contribution in [2.24, 2.45) is 0 Å². The maximum absolute atomic E-state index is 12.4. The summed E-state index contributed by atoms with van der Waals surface area (Å²) in [6, 6.07) is 13.7. The zero-order chi connectivity index (χ0) is 19.9. The van der Waals surface area contributed by atoms with Gasteiger partial charge in [0.2, 0.25) is 5.89 Å². The van der Waals surface area contributed by atoms with Gasteiger partial charge >= 0.3 is 6.61 Å². The molecular formula is C19H16F2N2O4S. The predicted octanol–water partition coefficient (Wildman–Crippen LogP) is 4.25. The summed E-state index contributed by atoms with van der Waals surface area (Å²) in [6.45, 7) is -2.98. The lowest BCUT2D eigenvalue weighted by Crippen LogP contribution is -2.06. The number of hydrogen-bond acceptors (Lipinski definition) is 7. The van der Waals surface area contributed by atoms with E-state index in [1.807, 2.05) is 30.3 Å². The summed E-state index contributed by atoms with van der Waals surface area (Å²) in [5.41, 5.74) is 1.34. The summed E-state index contributed by atoms with van der Waals surface area (Å²) in [5, 5.41) is 8.18. The first-order chi connectivity index (χ1) is 13.5. The highest BCUT2D eigenvalue weighted by Gasteiger charge is 2.16. The first-order valence-electron chi connectivity index (χ1n) is 8.20. The van der Waals surface area contributed by atoms with Crippen molar-refractivity contribution in [1.82, 2.24) is 10.2 Å². The number of ketones is 1. The lowest BCUT2D eigenvalue weighted by atomic mass is 10.1. The van der Waals surface area contributed by atoms with Crippen LogP contribution in [0.3, 0.4) is 0 Å². The Morgan fingerprint density at radius 1 is 1.14 bits per heavy atom. The third-order valence-electron chi connectivity index (χ3n) is 3.67. The Morgan fingerprint density at radius 3 is 2.64 bits per heavy atom. The van der Waals surface area contributed by atoms with Crippen molar-refractivity contribution < 1.29 is 27.5 Å². The SMILES string of the molecule is COc1cc(C(=O)CSc2nnc(Cc3ccccc3)o2)ccc1OC(F)F. The molecular weight excluding hydrogens is 390 g/mol. The Bertz CT molecular complexity index is 935. The number of alkyl halides is 2. The van der Waals surface area contributed by atoms with Crippen molar-refractivity contribution in [3.63, 3.8) is 0 Å². The molecule has 0 aliphatic heterocycles. The van der Waals surface area contributed by atoms with Crippen LogP contribution in [0.15, 0.2) is 58.2 Å². The maximum atomic E-state index is 12.4. The number of benzene rings is 2. The van der Waals surface area contributed by atoms with E-state index in [9.17, 15) is 13.6 Å². The number of aromatic nitrogens is 2. The van der Waals surface area contributed by atoms with Crippen LogP contribution in [-0.4, -0.2) is 35.5 Å². The largest absolute Gasteiger partial charge is 0.493 e. The van der Waals surface area contributed by atoms with E-state index in [2.05, 4.69) is 14.9 Å². The molecule has 0 aliphatic rings. The fraction of sp³-hybridized carbons (Fsp3) is 0.211. The fourth-order valence-electron chi connectivity index (χ4n) is 2.38. The molecule has 0 aliphatic carbocycles. The highest BCUT2D eigenvalue weighted by atomic mass is 32.2. The van der Waals surface area contributed by atoms with E-state index in [4.69, 9.17) is 9.15 Å². The molecule has 0 unspecified atom stereocenters. The Balaban J connectivity index is 1.60. The second-order valence-electron chi connectivity index (χ2n) is 5.58. The van der Waals surface area contributed by atoms with Gasteiger partial charge in [-0.05, 0) is 23.8 Å². The highest BCUT2D eigenvalue weighted by molar-refractivity contribution is 7.99. The lowest BCUT2D eigenvalue weighted by molar-refractivity contribution is -0.0512. The third kappa shape index (κ3) is 5.29. The zero-order valence-electron chi connectivity index (χ0n) is 14.8. The molecule has 0 fully saturated rings. The van der Waals surface area contributed by atoms with Gasteiger partial charge in [0.25, 0.3) is 5.22 Å². The summed E-state index contributed by atoms with van der Waals surface area (Å²) in [5.74, 6) is 0.180. The van der Waals surface area contributed by atoms with Crippen LogP contribution in [-0.2, 0) is 6.42 Å². The van der Waals surface area contributed by atoms with E-state index in [1.54, 1.807) is 0 Å². The number of hydrogen-bond donors (Lipinski definition) is 0. The van der Waals surface area contributed by atoms with E-state index >= 15 is 0 Å². The molecule has 0 saturated carbocycles. The Kier molecular flexibility index (Phi) is 6.59. The zero-order valence-corrected chi connectivity index (χ0v) is 15.6. The second kappa shape index (κ2) is 9.32. The molecule has 0 bridgehead atoms. The normalized spacial score (nSPS) is 10.9. The molecule has 3 rings (SSSR count). The summed E-state index contributed by atoms with van der Waals surface area (Å²) < 4.78 is 39.6. The fourth-order valence-corrected chi connectivity index (χ4v) is 3.06. The molecule has 6 nitrogen and oxygen atoms in total. The van der Waals surface area contributed by atoms with Gasteiger partial charge in [-0.15, -0.1) is 10.2 Å². The standard InChI is InChI=1S/C19H16F2N2O4S/c1-25-16-10-13(7-8-15(16)26-18(20)21)14(24)11-28-19-23-22-17(27-19)9-12-5-3-2-4-6-12/h2-8,10,18H,9,11H2,1H3. The van der Waals surface area contributed by atoms with Crippen molar-refractivity contribution in [2.75, 3.05) is 12.9 Å². The predicted molar refractivity (Wildman–Crippen MR) is 98.2 cm³/mol. The molecule has 0 spiro atoms. The second-order valence-corrected chi connectivity index (χ2v) is 6.51. The van der Waals surface area contributed by atoms with Crippen molar-refractivity contribution in [3.05, 3.63) is 65.5 Å². The summed E-state index contributed by atoms with van der Waals surface area (Å²) in [4.78, 5) is 12.4. The smallest absolute Gasteiger partial charge is 0.387 e. The van der Waals surface area contributed by atoms with Gasteiger partial charge < -0.3 is 13.9 Å². The van der Waals surface area contributed by atoms with Gasteiger partial charge in [-0.1, -0.05) is 42.1 Å². The number of rotatable bonds is 9. The Labute approximate surface area is 163 Å². The van der Waals surface area contributed by atoms with Crippen LogP contribution in [0.2, 0.25) is 0 Å². The van der Waals surface area contributed by atoms with Crippen LogP contribution in [0, 0.1) is 0 Å². The van der Waals surface area contributed by atoms with Crippen molar-refractivity contribution in [2.45, 2.75) is 18.3 Å². The van der Waals surface area contributed by atoms with Gasteiger partial charge in [0.15, 0.2) is 17.3 Å². The number of halogens is 2. The number of carbonyl (C=O) groups is 1. The minimum atomic E-state index is -2.98. The highest BCUT2D eigenvalue weighted by Crippen LogP contribution is 2.30. The molecule has 3 aromatic rings. The Hall–Kier alpha value is -2.94. The topological polar surface area (TPSA) is 74.5 Å². The quantitative estimate of drug-likeness (QED) is 0.389. The average molecular weight is 406 g/mol. The Morgan fingerprint density at radius 2 is 1.93 bits per heavy atom. The number of methoxy groups -OCH3 is 1. The molecule has 0 saturated heterocycles. The van der Waals surface area contributed by atoms with Crippen LogP contribution in [0.25, 0.3) is 0 Å². The van der Waals surface area contributed by atoms with Gasteiger partial charge in [0, 0.05) is 5.56 Å². The molecule has 0 radical (unpaired) electrons. The van der Waals surface area contributed by atoms with Crippen molar-refractivity contribution >= 4 is 17.5 Å². The van der Waals surface area contributed by atoms with E-state index in [1.165, 1.54) is 25.3 Å². The first-order valence-corrected chi connectivity index (χ1v) is 9.19. The van der Waals surface area contributed by atoms with Gasteiger partial charge in [0.05, 0.1) is 19.3 Å². The van der Waals surface area contributed by atoms with Crippen LogP contribution >= 0.6 is 11.8 Å².